The van der Waals surface area contributed by atoms with Gasteiger partial charge in [0.05, 0.1) is 5.92 Å². The van der Waals surface area contributed by atoms with Gasteiger partial charge in [-0.3, -0.25) is 0 Å². The monoisotopic (exact) mass is 222 g/mol. The van der Waals surface area contributed by atoms with Crippen molar-refractivity contribution in [3.8, 4) is 6.19 Å². The molecule has 1 aliphatic carbocycles. The molecule has 1 aliphatic heterocycles. The fourth-order valence-corrected chi connectivity index (χ4v) is 3.19. The molecule has 0 spiro atoms. The molecule has 2 aliphatic rings. The summed E-state index contributed by atoms with van der Waals surface area (Å²) in [7, 11) is 0. The first-order valence-electron chi connectivity index (χ1n) is 6.21. The number of carbonyl (C=O) groups excluding carboxylic acids is 1. The number of nitrogens with two attached hydrogens (primary N) is 1. The Balaban J connectivity index is 2.22. The molecule has 0 aromatic heterocycles. The molecule has 0 aromatic carbocycles. The molecule has 2 rings (SSSR count). The lowest BCUT2D eigenvalue weighted by Crippen LogP contribution is -2.55. The number of nitriles is 1. The molecule has 0 bridgehead atoms. The van der Waals surface area contributed by atoms with Gasteiger partial charge in [-0.15, -0.1) is 5.26 Å². The second-order valence-electron chi connectivity index (χ2n) is 5.22. The van der Waals surface area contributed by atoms with Crippen LogP contribution >= 0.6 is 0 Å². The van der Waals surface area contributed by atoms with Gasteiger partial charge in [0.2, 0.25) is 0 Å². The fourth-order valence-electron chi connectivity index (χ4n) is 3.19. The second-order valence-corrected chi connectivity index (χ2v) is 5.22. The highest BCUT2D eigenvalue weighted by atomic mass is 16.2. The lowest BCUT2D eigenvalue weighted by atomic mass is 10.0. The van der Waals surface area contributed by atoms with Crippen LogP contribution in [0.25, 0.3) is 0 Å². The van der Waals surface area contributed by atoms with Crippen LogP contribution in [0.2, 0.25) is 0 Å². The zero-order chi connectivity index (χ0) is 11.8. The third-order valence-electron chi connectivity index (χ3n) is 4.34. The highest BCUT2D eigenvalue weighted by Gasteiger charge is 2.51. The van der Waals surface area contributed by atoms with E-state index in [2.05, 4.69) is 6.19 Å². The van der Waals surface area contributed by atoms with Crippen molar-refractivity contribution in [2.24, 2.45) is 11.7 Å². The zero-order valence-corrected chi connectivity index (χ0v) is 9.85. The molecule has 88 valence electrons. The average molecular weight is 222 g/mol. The maximum absolute atomic E-state index is 12.5. The SMILES string of the molecule is C[C@@H]1CCC[N+]1(C#N)C(=O)[C@@H]1CCC[C@H]1N. The fraction of sp³-hybridized carbons (Fsp3) is 0.833. The highest BCUT2D eigenvalue weighted by molar-refractivity contribution is 5.74. The van der Waals surface area contributed by atoms with Gasteiger partial charge < -0.3 is 5.73 Å². The predicted octanol–water partition coefficient (Wildman–Crippen LogP) is 1.12. The number of amides is 1. The largest absolute Gasteiger partial charge is 0.333 e. The first-order valence-corrected chi connectivity index (χ1v) is 6.21. The van der Waals surface area contributed by atoms with Crippen LogP contribution < -0.4 is 5.73 Å². The van der Waals surface area contributed by atoms with E-state index in [4.69, 9.17) is 5.73 Å². The van der Waals surface area contributed by atoms with E-state index in [0.717, 1.165) is 32.1 Å². The number of rotatable bonds is 1. The van der Waals surface area contributed by atoms with Crippen LogP contribution in [0.15, 0.2) is 0 Å². The summed E-state index contributed by atoms with van der Waals surface area (Å²) >= 11 is 0. The van der Waals surface area contributed by atoms with Crippen LogP contribution in [-0.4, -0.2) is 29.0 Å². The van der Waals surface area contributed by atoms with Gasteiger partial charge in [-0.2, -0.15) is 4.48 Å². The third kappa shape index (κ3) is 1.55. The molecule has 2 fully saturated rings. The van der Waals surface area contributed by atoms with E-state index >= 15 is 0 Å². The summed E-state index contributed by atoms with van der Waals surface area (Å²) in [5, 5.41) is 9.36. The van der Waals surface area contributed by atoms with Crippen molar-refractivity contribution in [1.29, 1.82) is 5.26 Å². The van der Waals surface area contributed by atoms with Crippen LogP contribution in [0.1, 0.15) is 39.0 Å². The zero-order valence-electron chi connectivity index (χ0n) is 9.85. The van der Waals surface area contributed by atoms with Gasteiger partial charge in [0.1, 0.15) is 12.6 Å². The quantitative estimate of drug-likeness (QED) is 0.534. The maximum atomic E-state index is 12.5. The van der Waals surface area contributed by atoms with E-state index in [1.807, 2.05) is 6.92 Å². The van der Waals surface area contributed by atoms with Crippen molar-refractivity contribution in [1.82, 2.24) is 0 Å². The summed E-state index contributed by atoms with van der Waals surface area (Å²) in [6.45, 7) is 2.69. The molecule has 4 atom stereocenters. The minimum absolute atomic E-state index is 0.0123. The molecule has 1 saturated carbocycles. The third-order valence-corrected chi connectivity index (χ3v) is 4.34. The molecular weight excluding hydrogens is 202 g/mol. The van der Waals surface area contributed by atoms with Gasteiger partial charge in [-0.1, -0.05) is 6.42 Å². The summed E-state index contributed by atoms with van der Waals surface area (Å²) in [5.74, 6) is -0.00213. The van der Waals surface area contributed by atoms with Gasteiger partial charge in [0.15, 0.2) is 0 Å². The van der Waals surface area contributed by atoms with Crippen molar-refractivity contribution >= 4 is 5.91 Å². The van der Waals surface area contributed by atoms with E-state index in [1.165, 1.54) is 0 Å². The number of hydrogen-bond acceptors (Lipinski definition) is 3. The van der Waals surface area contributed by atoms with E-state index in [9.17, 15) is 10.1 Å². The van der Waals surface area contributed by atoms with Crippen molar-refractivity contribution < 1.29 is 9.28 Å². The summed E-state index contributed by atoms with van der Waals surface area (Å²) in [5.41, 5.74) is 5.97. The summed E-state index contributed by atoms with van der Waals surface area (Å²) in [4.78, 5) is 12.5. The minimum Gasteiger partial charge on any atom is -0.327 e. The number of hydrogen-bond donors (Lipinski definition) is 1. The molecule has 4 nitrogen and oxygen atoms in total. The summed E-state index contributed by atoms with van der Waals surface area (Å²) in [6.07, 6.45) is 7.03. The van der Waals surface area contributed by atoms with Crippen molar-refractivity contribution in [3.05, 3.63) is 0 Å². The highest BCUT2D eigenvalue weighted by Crippen LogP contribution is 2.34. The van der Waals surface area contributed by atoms with Crippen LogP contribution in [-0.2, 0) is 4.79 Å². The van der Waals surface area contributed by atoms with Crippen LogP contribution in [0.5, 0.6) is 0 Å². The topological polar surface area (TPSA) is 66.9 Å². The maximum Gasteiger partial charge on any atom is 0.333 e. The minimum atomic E-state index is -0.0831. The Hall–Kier alpha value is -0.920. The number of carbonyl (C=O) groups is 1. The Kier molecular flexibility index (Phi) is 3.00. The predicted molar refractivity (Wildman–Crippen MR) is 59.8 cm³/mol. The first-order chi connectivity index (χ1) is 7.62. The van der Waals surface area contributed by atoms with Gasteiger partial charge in [0, 0.05) is 18.9 Å². The number of quaternary nitrogens is 1. The van der Waals surface area contributed by atoms with E-state index in [1.54, 1.807) is 0 Å². The Morgan fingerprint density at radius 2 is 2.12 bits per heavy atom. The molecule has 1 unspecified atom stereocenters. The van der Waals surface area contributed by atoms with Crippen molar-refractivity contribution in [3.63, 3.8) is 0 Å². The Bertz CT molecular complexity index is 336. The molecule has 1 heterocycles. The summed E-state index contributed by atoms with van der Waals surface area (Å²) < 4.78 is 0.0123. The molecule has 1 amide bonds. The van der Waals surface area contributed by atoms with Crippen molar-refractivity contribution in [2.75, 3.05) is 6.54 Å². The van der Waals surface area contributed by atoms with Gasteiger partial charge in [-0.25, -0.2) is 4.79 Å². The molecule has 0 radical (unpaired) electrons. The Morgan fingerprint density at radius 1 is 1.38 bits per heavy atom. The smallest absolute Gasteiger partial charge is 0.327 e. The van der Waals surface area contributed by atoms with Crippen LogP contribution in [0.3, 0.4) is 0 Å². The molecule has 2 N–H and O–H groups in total. The Labute approximate surface area is 96.6 Å². The van der Waals surface area contributed by atoms with Gasteiger partial charge in [0.25, 0.3) is 0 Å². The van der Waals surface area contributed by atoms with E-state index in [0.29, 0.717) is 6.54 Å². The van der Waals surface area contributed by atoms with E-state index < -0.39 is 0 Å². The van der Waals surface area contributed by atoms with Gasteiger partial charge >= 0.3 is 12.1 Å². The standard InChI is InChI=1S/C12H20N3O/c1-9-4-3-7-15(9,8-13)12(16)10-5-2-6-11(10)14/h9-11H,2-7,14H2,1H3/q+1/t9-,10-,11-,15?/m1/s1. The van der Waals surface area contributed by atoms with Crippen molar-refractivity contribution in [2.45, 2.75) is 51.1 Å². The lowest BCUT2D eigenvalue weighted by Gasteiger charge is -2.29. The molecule has 1 saturated heterocycles. The average Bonchev–Trinajstić information content (AvgIpc) is 2.84. The normalized spacial score (nSPS) is 43.2. The molecular formula is C12H20N3O+. The lowest BCUT2D eigenvalue weighted by molar-refractivity contribution is -0.801. The van der Waals surface area contributed by atoms with Gasteiger partial charge in [-0.05, 0) is 19.8 Å². The summed E-state index contributed by atoms with van der Waals surface area (Å²) in [6, 6.07) is 0.119. The number of nitrogens with zero attached hydrogens (tertiary/aromatic N) is 2. The Morgan fingerprint density at radius 3 is 2.56 bits per heavy atom. The number of likely N-dealkylation sites (tertiary alicyclic amines) is 1. The molecule has 4 heteroatoms. The van der Waals surface area contributed by atoms with E-state index in [-0.39, 0.29) is 28.4 Å². The second kappa shape index (κ2) is 4.15. The van der Waals surface area contributed by atoms with Crippen LogP contribution in [0, 0.1) is 17.4 Å². The molecule has 16 heavy (non-hydrogen) atoms. The molecule has 0 aromatic rings. The first kappa shape index (κ1) is 11.6. The van der Waals surface area contributed by atoms with Crippen LogP contribution in [0.4, 0.5) is 0 Å².